The number of piperidine rings is 1. The predicted octanol–water partition coefficient (Wildman–Crippen LogP) is 4.75. The van der Waals surface area contributed by atoms with Crippen LogP contribution in [0.3, 0.4) is 0 Å². The summed E-state index contributed by atoms with van der Waals surface area (Å²) in [7, 11) is 0. The molecule has 1 saturated heterocycles. The van der Waals surface area contributed by atoms with Crippen molar-refractivity contribution < 1.29 is 9.18 Å². The Balaban J connectivity index is 1.61. The number of carbonyl (C=O) groups is 1. The van der Waals surface area contributed by atoms with Gasteiger partial charge in [-0.1, -0.05) is 45.8 Å². The second-order valence-electron chi connectivity index (χ2n) is 6.68. The molecule has 1 aliphatic rings. The number of benzene rings is 2. The van der Waals surface area contributed by atoms with Crippen LogP contribution in [-0.2, 0) is 11.3 Å². The summed E-state index contributed by atoms with van der Waals surface area (Å²) in [6.45, 7) is 4.63. The van der Waals surface area contributed by atoms with Crippen LogP contribution in [-0.4, -0.2) is 23.9 Å². The number of hydrogen-bond acceptors (Lipinski definition) is 2. The molecule has 25 heavy (non-hydrogen) atoms. The Bertz CT molecular complexity index is 765. The molecule has 0 radical (unpaired) electrons. The third-order valence-corrected chi connectivity index (χ3v) is 5.05. The molecule has 1 heterocycles. The van der Waals surface area contributed by atoms with Crippen LogP contribution in [0.1, 0.15) is 24.0 Å². The van der Waals surface area contributed by atoms with Gasteiger partial charge in [-0.3, -0.25) is 9.69 Å². The van der Waals surface area contributed by atoms with Gasteiger partial charge >= 0.3 is 0 Å². The Morgan fingerprint density at radius 1 is 1.32 bits per heavy atom. The highest BCUT2D eigenvalue weighted by Crippen LogP contribution is 2.23. The summed E-state index contributed by atoms with van der Waals surface area (Å²) in [5, 5.41) is 2.74. The number of rotatable bonds is 4. The highest BCUT2D eigenvalue weighted by molar-refractivity contribution is 9.10. The first-order valence-corrected chi connectivity index (χ1v) is 9.34. The predicted molar refractivity (Wildman–Crippen MR) is 102 cm³/mol. The van der Waals surface area contributed by atoms with Gasteiger partial charge in [-0.25, -0.2) is 4.39 Å². The van der Waals surface area contributed by atoms with Crippen LogP contribution in [0.15, 0.2) is 46.9 Å². The molecular weight excluding hydrogens is 383 g/mol. The van der Waals surface area contributed by atoms with Crippen molar-refractivity contribution in [3.8, 4) is 0 Å². The van der Waals surface area contributed by atoms with Gasteiger partial charge < -0.3 is 5.32 Å². The smallest absolute Gasteiger partial charge is 0.228 e. The molecular formula is C20H22BrFN2O. The summed E-state index contributed by atoms with van der Waals surface area (Å²) in [5.74, 6) is -0.632. The maximum Gasteiger partial charge on any atom is 0.228 e. The number of carbonyl (C=O) groups excluding carboxylic acids is 1. The number of nitrogens with one attached hydrogen (secondary N) is 1. The summed E-state index contributed by atoms with van der Waals surface area (Å²) in [5.41, 5.74) is 2.75. The van der Waals surface area contributed by atoms with Crippen molar-refractivity contribution in [2.75, 3.05) is 18.4 Å². The average Bonchev–Trinajstić information content (AvgIpc) is 2.57. The minimum absolute atomic E-state index is 0.102. The number of anilines is 1. The van der Waals surface area contributed by atoms with Gasteiger partial charge in [0, 0.05) is 17.6 Å². The third kappa shape index (κ3) is 4.89. The zero-order chi connectivity index (χ0) is 17.8. The average molecular weight is 405 g/mol. The molecule has 0 aromatic heterocycles. The lowest BCUT2D eigenvalue weighted by molar-refractivity contribution is -0.121. The third-order valence-electron chi connectivity index (χ3n) is 4.55. The number of aryl methyl sites for hydroxylation is 1. The maximum absolute atomic E-state index is 13.9. The van der Waals surface area contributed by atoms with E-state index in [-0.39, 0.29) is 17.5 Å². The Morgan fingerprint density at radius 3 is 2.92 bits per heavy atom. The molecule has 3 nitrogen and oxygen atoms in total. The molecule has 0 bridgehead atoms. The van der Waals surface area contributed by atoms with Crippen LogP contribution in [0, 0.1) is 18.7 Å². The van der Waals surface area contributed by atoms with Gasteiger partial charge in [-0.2, -0.15) is 0 Å². The number of amides is 1. The molecule has 1 aliphatic heterocycles. The van der Waals surface area contributed by atoms with Crippen LogP contribution in [0.5, 0.6) is 0 Å². The van der Waals surface area contributed by atoms with E-state index in [0.29, 0.717) is 11.0 Å². The first-order valence-electron chi connectivity index (χ1n) is 8.55. The molecule has 1 unspecified atom stereocenters. The highest BCUT2D eigenvalue weighted by atomic mass is 79.9. The topological polar surface area (TPSA) is 32.3 Å². The largest absolute Gasteiger partial charge is 0.323 e. The monoisotopic (exact) mass is 404 g/mol. The number of hydrogen-bond donors (Lipinski definition) is 1. The lowest BCUT2D eigenvalue weighted by atomic mass is 9.96. The Labute approximate surface area is 156 Å². The summed E-state index contributed by atoms with van der Waals surface area (Å²) < 4.78 is 14.6. The lowest BCUT2D eigenvalue weighted by Gasteiger charge is -2.32. The lowest BCUT2D eigenvalue weighted by Crippen LogP contribution is -2.40. The van der Waals surface area contributed by atoms with Crippen LogP contribution in [0.2, 0.25) is 0 Å². The van der Waals surface area contributed by atoms with E-state index in [0.717, 1.165) is 25.9 Å². The first kappa shape index (κ1) is 18.1. The van der Waals surface area contributed by atoms with E-state index < -0.39 is 5.82 Å². The van der Waals surface area contributed by atoms with Gasteiger partial charge in [-0.05, 0) is 50.1 Å². The Hall–Kier alpha value is -1.72. The fourth-order valence-corrected chi connectivity index (χ4v) is 3.64. The molecule has 1 atom stereocenters. The van der Waals surface area contributed by atoms with Crippen molar-refractivity contribution in [2.45, 2.75) is 26.3 Å². The first-order chi connectivity index (χ1) is 12.0. The second kappa shape index (κ2) is 8.11. The Morgan fingerprint density at radius 2 is 2.16 bits per heavy atom. The van der Waals surface area contributed by atoms with Crippen LogP contribution in [0.25, 0.3) is 0 Å². The van der Waals surface area contributed by atoms with Gasteiger partial charge in [0.05, 0.1) is 11.6 Å². The quantitative estimate of drug-likeness (QED) is 0.797. The van der Waals surface area contributed by atoms with Gasteiger partial charge in [0.25, 0.3) is 0 Å². The molecule has 1 N–H and O–H groups in total. The second-order valence-corrected chi connectivity index (χ2v) is 7.59. The standard InChI is InChI=1S/C20H22BrFN2O/c1-14-4-2-5-15(10-14)12-24-9-3-6-16(13-24)20(25)23-19-8-7-17(21)11-18(19)22/h2,4-5,7-8,10-11,16H,3,6,9,12-13H2,1H3,(H,23,25). The molecule has 3 rings (SSSR count). The number of likely N-dealkylation sites (tertiary alicyclic amines) is 1. The van der Waals surface area contributed by atoms with Gasteiger partial charge in [0.1, 0.15) is 5.82 Å². The fraction of sp³-hybridized carbons (Fsp3) is 0.350. The van der Waals surface area contributed by atoms with E-state index in [1.165, 1.54) is 17.2 Å². The number of halogens is 2. The molecule has 1 fully saturated rings. The van der Waals surface area contributed by atoms with E-state index in [9.17, 15) is 9.18 Å². The molecule has 0 aliphatic carbocycles. The molecule has 0 spiro atoms. The van der Waals surface area contributed by atoms with Crippen LogP contribution < -0.4 is 5.32 Å². The molecule has 2 aromatic carbocycles. The minimum Gasteiger partial charge on any atom is -0.323 e. The van der Waals surface area contributed by atoms with Gasteiger partial charge in [0.2, 0.25) is 5.91 Å². The fourth-order valence-electron chi connectivity index (χ4n) is 3.31. The minimum atomic E-state index is -0.421. The summed E-state index contributed by atoms with van der Waals surface area (Å²) in [6, 6.07) is 13.1. The number of nitrogens with zero attached hydrogens (tertiary/aromatic N) is 1. The van der Waals surface area contributed by atoms with Crippen molar-refractivity contribution >= 4 is 27.5 Å². The van der Waals surface area contributed by atoms with E-state index in [1.807, 2.05) is 0 Å². The van der Waals surface area contributed by atoms with Crippen LogP contribution >= 0.6 is 15.9 Å². The normalized spacial score (nSPS) is 18.1. The summed E-state index contributed by atoms with van der Waals surface area (Å²) >= 11 is 3.22. The summed E-state index contributed by atoms with van der Waals surface area (Å²) in [4.78, 5) is 14.8. The van der Waals surface area contributed by atoms with Gasteiger partial charge in [0.15, 0.2) is 0 Å². The van der Waals surface area contributed by atoms with Crippen molar-refractivity contribution in [1.82, 2.24) is 4.90 Å². The zero-order valence-electron chi connectivity index (χ0n) is 14.3. The molecule has 0 saturated carbocycles. The van der Waals surface area contributed by atoms with E-state index in [1.54, 1.807) is 12.1 Å². The molecule has 132 valence electrons. The highest BCUT2D eigenvalue weighted by Gasteiger charge is 2.26. The van der Waals surface area contributed by atoms with Gasteiger partial charge in [-0.15, -0.1) is 0 Å². The van der Waals surface area contributed by atoms with Crippen molar-refractivity contribution in [2.24, 2.45) is 5.92 Å². The molecule has 1 amide bonds. The van der Waals surface area contributed by atoms with E-state index in [2.05, 4.69) is 57.3 Å². The van der Waals surface area contributed by atoms with Crippen molar-refractivity contribution in [1.29, 1.82) is 0 Å². The maximum atomic E-state index is 13.9. The van der Waals surface area contributed by atoms with E-state index in [4.69, 9.17) is 0 Å². The zero-order valence-corrected chi connectivity index (χ0v) is 15.9. The van der Waals surface area contributed by atoms with E-state index >= 15 is 0 Å². The van der Waals surface area contributed by atoms with Crippen LogP contribution in [0.4, 0.5) is 10.1 Å². The van der Waals surface area contributed by atoms with Crippen molar-refractivity contribution in [3.63, 3.8) is 0 Å². The summed E-state index contributed by atoms with van der Waals surface area (Å²) in [6.07, 6.45) is 1.82. The molecule has 2 aromatic rings. The molecule has 5 heteroatoms. The Kier molecular flexibility index (Phi) is 5.86. The SMILES string of the molecule is Cc1cccc(CN2CCCC(C(=O)Nc3ccc(Br)cc3F)C2)c1. The van der Waals surface area contributed by atoms with Crippen molar-refractivity contribution in [3.05, 3.63) is 63.9 Å².